The lowest BCUT2D eigenvalue weighted by molar-refractivity contribution is -0.122. The van der Waals surface area contributed by atoms with E-state index >= 15 is 0 Å². The van der Waals surface area contributed by atoms with E-state index in [1.54, 1.807) is 27.7 Å². The van der Waals surface area contributed by atoms with E-state index in [4.69, 9.17) is 4.74 Å². The van der Waals surface area contributed by atoms with Gasteiger partial charge in [-0.3, -0.25) is 4.79 Å². The second kappa shape index (κ2) is 9.03. The monoisotopic (exact) mass is 407 g/mol. The maximum absolute atomic E-state index is 12.6. The van der Waals surface area contributed by atoms with Crippen LogP contribution in [-0.2, 0) is 9.53 Å². The molecule has 3 aromatic rings. The first-order chi connectivity index (χ1) is 14.2. The number of para-hydroxylation sites is 1. The van der Waals surface area contributed by atoms with Crippen molar-refractivity contribution in [1.82, 2.24) is 15.6 Å². The van der Waals surface area contributed by atoms with E-state index in [1.165, 1.54) is 0 Å². The van der Waals surface area contributed by atoms with Crippen molar-refractivity contribution in [2.75, 3.05) is 6.54 Å². The summed E-state index contributed by atoms with van der Waals surface area (Å²) in [6, 6.07) is 17.5. The number of rotatable bonds is 6. The number of alkyl carbamates (subject to hydrolysis) is 1. The fourth-order valence-corrected chi connectivity index (χ4v) is 3.38. The van der Waals surface area contributed by atoms with E-state index in [0.717, 1.165) is 22.0 Å². The van der Waals surface area contributed by atoms with E-state index in [1.807, 2.05) is 42.6 Å². The van der Waals surface area contributed by atoms with Crippen LogP contribution < -0.4 is 10.6 Å². The Balaban J connectivity index is 1.73. The number of hydrogen-bond donors (Lipinski definition) is 3. The lowest BCUT2D eigenvalue weighted by Gasteiger charge is -2.23. The number of benzene rings is 2. The van der Waals surface area contributed by atoms with Crippen molar-refractivity contribution < 1.29 is 14.3 Å². The van der Waals surface area contributed by atoms with Crippen molar-refractivity contribution >= 4 is 22.9 Å². The van der Waals surface area contributed by atoms with E-state index in [9.17, 15) is 9.59 Å². The third-order valence-corrected chi connectivity index (χ3v) is 4.81. The number of fused-ring (bicyclic) bond motifs is 1. The molecular weight excluding hydrogens is 378 g/mol. The lowest BCUT2D eigenvalue weighted by Crippen LogP contribution is -2.47. The van der Waals surface area contributed by atoms with Crippen LogP contribution in [0.4, 0.5) is 4.79 Å². The zero-order chi connectivity index (χ0) is 21.7. The molecule has 0 radical (unpaired) electrons. The van der Waals surface area contributed by atoms with Gasteiger partial charge in [0, 0.05) is 29.6 Å². The average Bonchev–Trinajstić information content (AvgIpc) is 3.11. The molecule has 0 fully saturated rings. The van der Waals surface area contributed by atoms with E-state index in [-0.39, 0.29) is 11.8 Å². The van der Waals surface area contributed by atoms with Gasteiger partial charge in [0.2, 0.25) is 5.91 Å². The fourth-order valence-electron chi connectivity index (χ4n) is 3.38. The first-order valence-electron chi connectivity index (χ1n) is 10.1. The van der Waals surface area contributed by atoms with Crippen LogP contribution in [0.25, 0.3) is 10.9 Å². The van der Waals surface area contributed by atoms with Crippen LogP contribution >= 0.6 is 0 Å². The van der Waals surface area contributed by atoms with Crippen LogP contribution in [-0.4, -0.2) is 35.2 Å². The standard InChI is InChI=1S/C24H29N3O3/c1-16(27-23(29)30-24(2,3)4)22(28)26-14-19(17-10-6-5-7-11-17)20-15-25-21-13-9-8-12-18(20)21/h5-13,15-16,19,25H,14H2,1-4H3,(H,26,28)(H,27,29)/t16-,19?/m1/s1. The number of aromatic nitrogens is 1. The first kappa shape index (κ1) is 21.4. The van der Waals surface area contributed by atoms with Gasteiger partial charge in [-0.25, -0.2) is 4.79 Å². The Morgan fingerprint density at radius 3 is 2.40 bits per heavy atom. The Labute approximate surface area is 177 Å². The van der Waals surface area contributed by atoms with Crippen molar-refractivity contribution in [2.24, 2.45) is 0 Å². The average molecular weight is 408 g/mol. The summed E-state index contributed by atoms with van der Waals surface area (Å²) in [6.45, 7) is 7.39. The third kappa shape index (κ3) is 5.41. The normalized spacial score (nSPS) is 13.5. The van der Waals surface area contributed by atoms with E-state index in [0.29, 0.717) is 6.54 Å². The summed E-state index contributed by atoms with van der Waals surface area (Å²) in [5, 5.41) is 6.69. The van der Waals surface area contributed by atoms with Gasteiger partial charge in [-0.2, -0.15) is 0 Å². The Morgan fingerprint density at radius 1 is 1.03 bits per heavy atom. The lowest BCUT2D eigenvalue weighted by atomic mass is 9.91. The smallest absolute Gasteiger partial charge is 0.408 e. The minimum atomic E-state index is -0.709. The molecule has 0 aliphatic heterocycles. The van der Waals surface area contributed by atoms with Gasteiger partial charge in [0.1, 0.15) is 11.6 Å². The molecule has 2 amide bonds. The van der Waals surface area contributed by atoms with Crippen LogP contribution in [0.3, 0.4) is 0 Å². The van der Waals surface area contributed by atoms with Gasteiger partial charge in [-0.1, -0.05) is 48.5 Å². The SMILES string of the molecule is C[C@@H](NC(=O)OC(C)(C)C)C(=O)NCC(c1ccccc1)c1c[nH]c2ccccc12. The molecule has 30 heavy (non-hydrogen) atoms. The molecule has 0 bridgehead atoms. The summed E-state index contributed by atoms with van der Waals surface area (Å²) in [5.74, 6) is -0.290. The largest absolute Gasteiger partial charge is 0.444 e. The topological polar surface area (TPSA) is 83.2 Å². The minimum absolute atomic E-state index is 0.0278. The minimum Gasteiger partial charge on any atom is -0.444 e. The van der Waals surface area contributed by atoms with Crippen molar-refractivity contribution in [3.05, 3.63) is 71.9 Å². The van der Waals surface area contributed by atoms with Crippen LogP contribution in [0.15, 0.2) is 60.8 Å². The van der Waals surface area contributed by atoms with Gasteiger partial charge in [-0.05, 0) is 44.9 Å². The van der Waals surface area contributed by atoms with Crippen molar-refractivity contribution in [1.29, 1.82) is 0 Å². The quantitative estimate of drug-likeness (QED) is 0.569. The maximum atomic E-state index is 12.6. The highest BCUT2D eigenvalue weighted by Gasteiger charge is 2.23. The third-order valence-electron chi connectivity index (χ3n) is 4.81. The second-order valence-corrected chi connectivity index (χ2v) is 8.37. The van der Waals surface area contributed by atoms with Crippen LogP contribution in [0.2, 0.25) is 0 Å². The Morgan fingerprint density at radius 2 is 1.70 bits per heavy atom. The predicted octanol–water partition coefficient (Wildman–Crippen LogP) is 4.33. The highest BCUT2D eigenvalue weighted by molar-refractivity contribution is 5.86. The molecule has 3 N–H and O–H groups in total. The maximum Gasteiger partial charge on any atom is 0.408 e. The summed E-state index contributed by atoms with van der Waals surface area (Å²) in [6.07, 6.45) is 1.39. The van der Waals surface area contributed by atoms with Crippen molar-refractivity contribution in [3.8, 4) is 0 Å². The molecule has 1 aromatic heterocycles. The van der Waals surface area contributed by atoms with Gasteiger partial charge in [-0.15, -0.1) is 0 Å². The molecule has 6 heteroatoms. The molecule has 1 unspecified atom stereocenters. The number of hydrogen-bond acceptors (Lipinski definition) is 3. The van der Waals surface area contributed by atoms with Crippen LogP contribution in [0.1, 0.15) is 44.7 Å². The number of H-pyrrole nitrogens is 1. The van der Waals surface area contributed by atoms with E-state index < -0.39 is 17.7 Å². The van der Waals surface area contributed by atoms with Crippen molar-refractivity contribution in [2.45, 2.75) is 45.3 Å². The van der Waals surface area contributed by atoms with Gasteiger partial charge < -0.3 is 20.4 Å². The summed E-state index contributed by atoms with van der Waals surface area (Å²) in [5.41, 5.74) is 2.66. The molecule has 158 valence electrons. The van der Waals surface area contributed by atoms with Crippen LogP contribution in [0, 0.1) is 0 Å². The van der Waals surface area contributed by atoms with Gasteiger partial charge in [0.15, 0.2) is 0 Å². The summed E-state index contributed by atoms with van der Waals surface area (Å²) >= 11 is 0. The first-order valence-corrected chi connectivity index (χ1v) is 10.1. The zero-order valence-electron chi connectivity index (χ0n) is 17.9. The second-order valence-electron chi connectivity index (χ2n) is 8.37. The molecule has 0 aliphatic carbocycles. The molecule has 1 heterocycles. The molecule has 0 spiro atoms. The highest BCUT2D eigenvalue weighted by atomic mass is 16.6. The zero-order valence-corrected chi connectivity index (χ0v) is 17.9. The summed E-state index contributed by atoms with van der Waals surface area (Å²) in [7, 11) is 0. The number of amides is 2. The van der Waals surface area contributed by atoms with Gasteiger partial charge >= 0.3 is 6.09 Å². The molecule has 0 aliphatic rings. The number of aromatic amines is 1. The molecule has 2 aromatic carbocycles. The molecule has 6 nitrogen and oxygen atoms in total. The predicted molar refractivity (Wildman–Crippen MR) is 118 cm³/mol. The molecule has 3 rings (SSSR count). The number of carbonyl (C=O) groups excluding carboxylic acids is 2. The highest BCUT2D eigenvalue weighted by Crippen LogP contribution is 2.30. The number of carbonyl (C=O) groups is 2. The Bertz CT molecular complexity index is 1010. The Hall–Kier alpha value is -3.28. The van der Waals surface area contributed by atoms with Gasteiger partial charge in [0.25, 0.3) is 0 Å². The van der Waals surface area contributed by atoms with E-state index in [2.05, 4.69) is 33.8 Å². The molecule has 0 saturated heterocycles. The Kier molecular flexibility index (Phi) is 6.45. The number of nitrogens with one attached hydrogen (secondary N) is 3. The molecular formula is C24H29N3O3. The van der Waals surface area contributed by atoms with Crippen molar-refractivity contribution in [3.63, 3.8) is 0 Å². The summed E-state index contributed by atoms with van der Waals surface area (Å²) in [4.78, 5) is 27.9. The fraction of sp³-hybridized carbons (Fsp3) is 0.333. The number of ether oxygens (including phenoxy) is 1. The molecule has 0 saturated carbocycles. The van der Waals surface area contributed by atoms with Crippen LogP contribution in [0.5, 0.6) is 0 Å². The molecule has 2 atom stereocenters. The summed E-state index contributed by atoms with van der Waals surface area (Å²) < 4.78 is 5.23. The van der Waals surface area contributed by atoms with Gasteiger partial charge in [0.05, 0.1) is 0 Å².